The van der Waals surface area contributed by atoms with Gasteiger partial charge < -0.3 is 8.83 Å². The van der Waals surface area contributed by atoms with Gasteiger partial charge in [-0.2, -0.15) is 0 Å². The summed E-state index contributed by atoms with van der Waals surface area (Å²) in [7, 11) is 0. The number of furan rings is 2. The molecule has 4 nitrogen and oxygen atoms in total. The van der Waals surface area contributed by atoms with Crippen molar-refractivity contribution in [3.05, 3.63) is 60.0 Å². The zero-order valence-electron chi connectivity index (χ0n) is 13.4. The van der Waals surface area contributed by atoms with E-state index in [9.17, 15) is 9.59 Å². The van der Waals surface area contributed by atoms with Crippen LogP contribution in [0.25, 0.3) is 0 Å². The Hall–Kier alpha value is -2.36. The maximum atomic E-state index is 12.7. The van der Waals surface area contributed by atoms with Gasteiger partial charge in [0.2, 0.25) is 0 Å². The molecule has 2 aliphatic carbocycles. The number of rotatable bonds is 3. The summed E-state index contributed by atoms with van der Waals surface area (Å²) < 4.78 is 10.9. The first kappa shape index (κ1) is 15.2. The first-order valence-electron chi connectivity index (χ1n) is 8.52. The minimum atomic E-state index is 0.0198. The molecule has 124 valence electrons. The van der Waals surface area contributed by atoms with Crippen LogP contribution < -0.4 is 0 Å². The lowest BCUT2D eigenvalue weighted by atomic mass is 9.72. The first-order valence-corrected chi connectivity index (χ1v) is 8.52. The summed E-state index contributed by atoms with van der Waals surface area (Å²) in [5, 5.41) is 0. The SMILES string of the molecule is O=C1CC(C2=CCC(c3ccco3)CC2=O)CC(c2ccco2)C1. The van der Waals surface area contributed by atoms with E-state index in [2.05, 4.69) is 0 Å². The maximum absolute atomic E-state index is 12.7. The molecule has 0 amide bonds. The monoisotopic (exact) mass is 324 g/mol. The highest BCUT2D eigenvalue weighted by Gasteiger charge is 2.36. The molecule has 0 radical (unpaired) electrons. The van der Waals surface area contributed by atoms with E-state index < -0.39 is 0 Å². The van der Waals surface area contributed by atoms with Crippen molar-refractivity contribution in [1.82, 2.24) is 0 Å². The molecular weight excluding hydrogens is 304 g/mol. The average molecular weight is 324 g/mol. The van der Waals surface area contributed by atoms with E-state index in [1.54, 1.807) is 12.5 Å². The molecule has 24 heavy (non-hydrogen) atoms. The number of carbonyl (C=O) groups excluding carboxylic acids is 2. The highest BCUT2D eigenvalue weighted by Crippen LogP contribution is 2.41. The van der Waals surface area contributed by atoms with Gasteiger partial charge in [0.15, 0.2) is 5.78 Å². The molecule has 0 aromatic carbocycles. The van der Waals surface area contributed by atoms with Crippen molar-refractivity contribution in [2.24, 2.45) is 5.92 Å². The molecule has 4 rings (SSSR count). The van der Waals surface area contributed by atoms with E-state index in [1.807, 2.05) is 30.3 Å². The third-order valence-corrected chi connectivity index (χ3v) is 5.22. The molecule has 3 unspecified atom stereocenters. The van der Waals surface area contributed by atoms with Crippen LogP contribution in [0.2, 0.25) is 0 Å². The third kappa shape index (κ3) is 2.88. The van der Waals surface area contributed by atoms with Crippen molar-refractivity contribution in [2.75, 3.05) is 0 Å². The maximum Gasteiger partial charge on any atom is 0.159 e. The summed E-state index contributed by atoms with van der Waals surface area (Å²) in [6.45, 7) is 0. The van der Waals surface area contributed by atoms with E-state index in [0.29, 0.717) is 19.3 Å². The van der Waals surface area contributed by atoms with Gasteiger partial charge in [-0.3, -0.25) is 9.59 Å². The van der Waals surface area contributed by atoms with Gasteiger partial charge in [0, 0.05) is 31.1 Å². The molecular formula is C20H20O4. The zero-order chi connectivity index (χ0) is 16.5. The smallest absolute Gasteiger partial charge is 0.159 e. The van der Waals surface area contributed by atoms with Gasteiger partial charge in [0.1, 0.15) is 17.3 Å². The number of hydrogen-bond acceptors (Lipinski definition) is 4. The molecule has 2 aliphatic rings. The molecule has 0 spiro atoms. The second-order valence-corrected chi connectivity index (χ2v) is 6.83. The molecule has 1 saturated carbocycles. The molecule has 0 aliphatic heterocycles. The van der Waals surface area contributed by atoms with E-state index >= 15 is 0 Å². The average Bonchev–Trinajstić information content (AvgIpc) is 3.28. The van der Waals surface area contributed by atoms with Crippen molar-refractivity contribution in [1.29, 1.82) is 0 Å². The normalized spacial score (nSPS) is 28.0. The predicted molar refractivity (Wildman–Crippen MR) is 87.6 cm³/mol. The summed E-state index contributed by atoms with van der Waals surface area (Å²) in [5.74, 6) is 2.32. The lowest BCUT2D eigenvalue weighted by molar-refractivity contribution is -0.122. The van der Waals surface area contributed by atoms with Gasteiger partial charge in [-0.05, 0) is 48.6 Å². The minimum absolute atomic E-state index is 0.0198. The van der Waals surface area contributed by atoms with E-state index in [0.717, 1.165) is 29.9 Å². The van der Waals surface area contributed by atoms with Crippen LogP contribution in [-0.4, -0.2) is 11.6 Å². The summed E-state index contributed by atoms with van der Waals surface area (Å²) in [5.41, 5.74) is 0.836. The highest BCUT2D eigenvalue weighted by molar-refractivity contribution is 5.98. The Morgan fingerprint density at radius 1 is 0.833 bits per heavy atom. The van der Waals surface area contributed by atoms with Crippen molar-refractivity contribution in [2.45, 2.75) is 43.9 Å². The summed E-state index contributed by atoms with van der Waals surface area (Å²) in [6, 6.07) is 7.55. The van der Waals surface area contributed by atoms with E-state index in [4.69, 9.17) is 8.83 Å². The van der Waals surface area contributed by atoms with Gasteiger partial charge in [-0.15, -0.1) is 0 Å². The number of Topliss-reactive ketones (excluding diaryl/α,β-unsaturated/α-hetero) is 2. The number of ketones is 2. The number of hydrogen-bond donors (Lipinski definition) is 0. The molecule has 0 N–H and O–H groups in total. The van der Waals surface area contributed by atoms with Crippen LogP contribution >= 0.6 is 0 Å². The largest absolute Gasteiger partial charge is 0.469 e. The quantitative estimate of drug-likeness (QED) is 0.839. The minimum Gasteiger partial charge on any atom is -0.469 e. The van der Waals surface area contributed by atoms with Crippen LogP contribution in [0, 0.1) is 5.92 Å². The molecule has 2 aromatic heterocycles. The molecule has 2 heterocycles. The topological polar surface area (TPSA) is 60.4 Å². The third-order valence-electron chi connectivity index (χ3n) is 5.22. The number of carbonyl (C=O) groups is 2. The fourth-order valence-electron chi connectivity index (χ4n) is 4.06. The summed E-state index contributed by atoms with van der Waals surface area (Å²) in [6.07, 6.45) is 8.37. The van der Waals surface area contributed by atoms with Gasteiger partial charge in [0.05, 0.1) is 12.5 Å². The van der Waals surface area contributed by atoms with Crippen LogP contribution in [0.5, 0.6) is 0 Å². The van der Waals surface area contributed by atoms with Crippen molar-refractivity contribution in [3.63, 3.8) is 0 Å². The Labute approximate surface area is 140 Å². The van der Waals surface area contributed by atoms with Crippen LogP contribution in [0.15, 0.2) is 57.3 Å². The molecule has 1 fully saturated rings. The Kier molecular flexibility index (Phi) is 3.97. The second kappa shape index (κ2) is 6.27. The summed E-state index contributed by atoms with van der Waals surface area (Å²) >= 11 is 0. The molecule has 3 atom stereocenters. The molecule has 4 heteroatoms. The van der Waals surface area contributed by atoms with Crippen LogP contribution in [0.3, 0.4) is 0 Å². The van der Waals surface area contributed by atoms with Crippen molar-refractivity contribution >= 4 is 11.6 Å². The number of allylic oxidation sites excluding steroid dienone is 2. The van der Waals surface area contributed by atoms with Crippen LogP contribution in [-0.2, 0) is 9.59 Å². The lowest BCUT2D eigenvalue weighted by Gasteiger charge is -2.31. The van der Waals surface area contributed by atoms with Gasteiger partial charge >= 0.3 is 0 Å². The molecule has 0 saturated heterocycles. The zero-order valence-corrected chi connectivity index (χ0v) is 13.4. The fourth-order valence-corrected chi connectivity index (χ4v) is 4.06. The Balaban J connectivity index is 1.52. The Morgan fingerprint density at radius 2 is 1.50 bits per heavy atom. The standard InChI is InChI=1S/C20H20O4/c21-16-10-14(9-15(11-16)20-4-2-8-24-20)17-6-5-13(12-18(17)22)19-3-1-7-23-19/h1-4,6-8,13-15H,5,9-12H2. The van der Waals surface area contributed by atoms with Crippen molar-refractivity contribution in [3.8, 4) is 0 Å². The first-order chi connectivity index (χ1) is 11.7. The Bertz CT molecular complexity index is 752. The van der Waals surface area contributed by atoms with Crippen molar-refractivity contribution < 1.29 is 18.4 Å². The Morgan fingerprint density at radius 3 is 2.12 bits per heavy atom. The second-order valence-electron chi connectivity index (χ2n) is 6.83. The lowest BCUT2D eigenvalue weighted by Crippen LogP contribution is -2.27. The summed E-state index contributed by atoms with van der Waals surface area (Å²) in [4.78, 5) is 24.8. The van der Waals surface area contributed by atoms with Gasteiger partial charge in [-0.25, -0.2) is 0 Å². The fraction of sp³-hybridized carbons (Fsp3) is 0.400. The van der Waals surface area contributed by atoms with Gasteiger partial charge in [0.25, 0.3) is 0 Å². The highest BCUT2D eigenvalue weighted by atomic mass is 16.3. The van der Waals surface area contributed by atoms with Crippen LogP contribution in [0.4, 0.5) is 0 Å². The molecule has 2 aromatic rings. The van der Waals surface area contributed by atoms with E-state index in [-0.39, 0.29) is 29.3 Å². The molecule has 0 bridgehead atoms. The van der Waals surface area contributed by atoms with Gasteiger partial charge in [-0.1, -0.05) is 6.08 Å². The van der Waals surface area contributed by atoms with E-state index in [1.165, 1.54) is 0 Å². The van der Waals surface area contributed by atoms with Crippen LogP contribution in [0.1, 0.15) is 55.5 Å². The predicted octanol–water partition coefficient (Wildman–Crippen LogP) is 4.40.